The maximum absolute atomic E-state index is 12.5. The van der Waals surface area contributed by atoms with Crippen LogP contribution in [0.15, 0.2) is 54.6 Å². The van der Waals surface area contributed by atoms with Gasteiger partial charge in [0.15, 0.2) is 5.13 Å². The highest BCUT2D eigenvalue weighted by Gasteiger charge is 2.15. The number of aromatic nitrogens is 1. The minimum absolute atomic E-state index is 0.107. The fourth-order valence-electron chi connectivity index (χ4n) is 2.69. The van der Waals surface area contributed by atoms with E-state index in [1.807, 2.05) is 49.4 Å². The fraction of sp³-hybridized carbons (Fsp3) is 0.238. The van der Waals surface area contributed by atoms with E-state index in [-0.39, 0.29) is 5.91 Å². The number of anilines is 1. The number of carbonyl (C=O) groups is 1. The molecule has 2 N–H and O–H groups in total. The quantitative estimate of drug-likeness (QED) is 0.618. The minimum Gasteiger partial charge on any atom is -0.497 e. The van der Waals surface area contributed by atoms with E-state index in [9.17, 15) is 4.79 Å². The Kier molecular flexibility index (Phi) is 6.44. The highest BCUT2D eigenvalue weighted by Crippen LogP contribution is 2.22. The summed E-state index contributed by atoms with van der Waals surface area (Å²) in [5.74, 6) is 0.671. The topological polar surface area (TPSA) is 63.2 Å². The normalized spacial score (nSPS) is 10.4. The zero-order valence-corrected chi connectivity index (χ0v) is 16.3. The number of thiazole rings is 1. The molecule has 5 nitrogen and oxygen atoms in total. The summed E-state index contributed by atoms with van der Waals surface area (Å²) < 4.78 is 5.21. The molecule has 0 unspecified atom stereocenters. The van der Waals surface area contributed by atoms with Crippen LogP contribution in [0.1, 0.15) is 26.5 Å². The van der Waals surface area contributed by atoms with E-state index in [1.54, 1.807) is 7.11 Å². The standard InChI is InChI=1S/C21H23N3O2S/c1-15-19(20(25)23-14-17-9-6-10-18(13-17)26-2)27-21(24-15)22-12-11-16-7-4-3-5-8-16/h3-10,13H,11-12,14H2,1-2H3,(H,22,24)(H,23,25). The predicted octanol–water partition coefficient (Wildman–Crippen LogP) is 4.04. The molecule has 3 aromatic rings. The second-order valence-electron chi connectivity index (χ2n) is 6.13. The van der Waals surface area contributed by atoms with Crippen LogP contribution in [-0.2, 0) is 13.0 Å². The minimum atomic E-state index is -0.107. The number of benzene rings is 2. The summed E-state index contributed by atoms with van der Waals surface area (Å²) in [5.41, 5.74) is 3.01. The first-order chi connectivity index (χ1) is 13.2. The zero-order chi connectivity index (χ0) is 19.1. The van der Waals surface area contributed by atoms with Crippen molar-refractivity contribution in [3.8, 4) is 5.75 Å². The van der Waals surface area contributed by atoms with Gasteiger partial charge in [0.2, 0.25) is 0 Å². The third kappa shape index (κ3) is 5.31. The van der Waals surface area contributed by atoms with Crippen LogP contribution in [-0.4, -0.2) is 24.5 Å². The van der Waals surface area contributed by atoms with Crippen LogP contribution >= 0.6 is 11.3 Å². The molecule has 0 atom stereocenters. The zero-order valence-electron chi connectivity index (χ0n) is 15.5. The Morgan fingerprint density at radius 2 is 1.89 bits per heavy atom. The number of hydrogen-bond acceptors (Lipinski definition) is 5. The van der Waals surface area contributed by atoms with E-state index in [0.29, 0.717) is 11.4 Å². The molecule has 0 radical (unpaired) electrons. The molecule has 0 aliphatic rings. The van der Waals surface area contributed by atoms with Crippen LogP contribution in [0.3, 0.4) is 0 Å². The van der Waals surface area contributed by atoms with E-state index in [1.165, 1.54) is 16.9 Å². The molecule has 6 heteroatoms. The van der Waals surface area contributed by atoms with Crippen molar-refractivity contribution in [1.82, 2.24) is 10.3 Å². The van der Waals surface area contributed by atoms with Crippen molar-refractivity contribution in [3.05, 3.63) is 76.3 Å². The van der Waals surface area contributed by atoms with E-state index in [0.717, 1.165) is 35.1 Å². The average Bonchev–Trinajstić information content (AvgIpc) is 3.07. The van der Waals surface area contributed by atoms with Crippen LogP contribution in [0.4, 0.5) is 5.13 Å². The number of methoxy groups -OCH3 is 1. The third-order valence-corrected chi connectivity index (χ3v) is 5.24. The lowest BCUT2D eigenvalue weighted by molar-refractivity contribution is 0.0954. The summed E-state index contributed by atoms with van der Waals surface area (Å²) in [4.78, 5) is 17.6. The van der Waals surface area contributed by atoms with Crippen molar-refractivity contribution in [1.29, 1.82) is 0 Å². The molecular weight excluding hydrogens is 358 g/mol. The number of carbonyl (C=O) groups excluding carboxylic acids is 1. The first kappa shape index (κ1) is 18.9. The second kappa shape index (κ2) is 9.19. The van der Waals surface area contributed by atoms with Gasteiger partial charge in [-0.05, 0) is 36.6 Å². The van der Waals surface area contributed by atoms with Crippen molar-refractivity contribution in [2.45, 2.75) is 19.9 Å². The molecule has 140 valence electrons. The maximum Gasteiger partial charge on any atom is 0.263 e. The molecule has 0 saturated carbocycles. The van der Waals surface area contributed by atoms with Gasteiger partial charge in [0.05, 0.1) is 12.8 Å². The molecule has 0 spiro atoms. The van der Waals surface area contributed by atoms with E-state index >= 15 is 0 Å². The summed E-state index contributed by atoms with van der Waals surface area (Å²) in [6.45, 7) is 3.09. The van der Waals surface area contributed by atoms with Gasteiger partial charge in [0.1, 0.15) is 10.6 Å². The Morgan fingerprint density at radius 1 is 1.11 bits per heavy atom. The van der Waals surface area contributed by atoms with E-state index < -0.39 is 0 Å². The summed E-state index contributed by atoms with van der Waals surface area (Å²) in [6.07, 6.45) is 0.914. The number of rotatable bonds is 8. The van der Waals surface area contributed by atoms with Gasteiger partial charge in [-0.3, -0.25) is 4.79 Å². The van der Waals surface area contributed by atoms with Gasteiger partial charge in [-0.15, -0.1) is 0 Å². The van der Waals surface area contributed by atoms with Crippen LogP contribution in [0.2, 0.25) is 0 Å². The number of aryl methyl sites for hydroxylation is 1. The first-order valence-electron chi connectivity index (χ1n) is 8.82. The lowest BCUT2D eigenvalue weighted by atomic mass is 10.2. The number of amides is 1. The molecule has 3 rings (SSSR count). The molecule has 0 saturated heterocycles. The lowest BCUT2D eigenvalue weighted by Gasteiger charge is -2.06. The van der Waals surface area contributed by atoms with Crippen LogP contribution in [0.5, 0.6) is 5.75 Å². The van der Waals surface area contributed by atoms with Gasteiger partial charge in [-0.25, -0.2) is 4.98 Å². The van der Waals surface area contributed by atoms with Crippen LogP contribution in [0.25, 0.3) is 0 Å². The Morgan fingerprint density at radius 3 is 2.67 bits per heavy atom. The van der Waals surface area contributed by atoms with Gasteiger partial charge >= 0.3 is 0 Å². The molecule has 1 aromatic heterocycles. The molecular formula is C21H23N3O2S. The van der Waals surface area contributed by atoms with Gasteiger partial charge in [0, 0.05) is 13.1 Å². The average molecular weight is 382 g/mol. The predicted molar refractivity (Wildman–Crippen MR) is 110 cm³/mol. The van der Waals surface area contributed by atoms with Crippen molar-refractivity contribution in [2.75, 3.05) is 19.0 Å². The number of nitrogens with one attached hydrogen (secondary N) is 2. The Bertz CT molecular complexity index is 893. The van der Waals surface area contributed by atoms with Crippen molar-refractivity contribution >= 4 is 22.4 Å². The number of nitrogens with zero attached hydrogens (tertiary/aromatic N) is 1. The van der Waals surface area contributed by atoms with Crippen molar-refractivity contribution in [2.24, 2.45) is 0 Å². The van der Waals surface area contributed by atoms with E-state index in [2.05, 4.69) is 27.8 Å². The SMILES string of the molecule is COc1cccc(CNC(=O)c2sc(NCCc3ccccc3)nc2C)c1. The molecule has 1 heterocycles. The Hall–Kier alpha value is -2.86. The summed E-state index contributed by atoms with van der Waals surface area (Å²) in [7, 11) is 1.63. The van der Waals surface area contributed by atoms with Crippen molar-refractivity contribution < 1.29 is 9.53 Å². The van der Waals surface area contributed by atoms with Crippen LogP contribution in [0, 0.1) is 6.92 Å². The largest absolute Gasteiger partial charge is 0.497 e. The highest BCUT2D eigenvalue weighted by atomic mass is 32.1. The van der Waals surface area contributed by atoms with Gasteiger partial charge in [-0.1, -0.05) is 53.8 Å². The fourth-order valence-corrected chi connectivity index (χ4v) is 3.59. The molecule has 0 bridgehead atoms. The number of hydrogen-bond donors (Lipinski definition) is 2. The molecule has 2 aromatic carbocycles. The third-order valence-electron chi connectivity index (χ3n) is 4.12. The molecule has 0 fully saturated rings. The van der Waals surface area contributed by atoms with Crippen LogP contribution < -0.4 is 15.4 Å². The van der Waals surface area contributed by atoms with Gasteiger partial charge in [0.25, 0.3) is 5.91 Å². The van der Waals surface area contributed by atoms with Gasteiger partial charge in [-0.2, -0.15) is 0 Å². The maximum atomic E-state index is 12.5. The monoisotopic (exact) mass is 381 g/mol. The lowest BCUT2D eigenvalue weighted by Crippen LogP contribution is -2.22. The molecule has 0 aliphatic carbocycles. The van der Waals surface area contributed by atoms with Gasteiger partial charge < -0.3 is 15.4 Å². The van der Waals surface area contributed by atoms with Crippen molar-refractivity contribution in [3.63, 3.8) is 0 Å². The summed E-state index contributed by atoms with van der Waals surface area (Å²) >= 11 is 1.39. The second-order valence-corrected chi connectivity index (χ2v) is 7.13. The smallest absolute Gasteiger partial charge is 0.263 e. The molecule has 0 aliphatic heterocycles. The van der Waals surface area contributed by atoms with E-state index in [4.69, 9.17) is 4.74 Å². The summed E-state index contributed by atoms with van der Waals surface area (Å²) in [5, 5.41) is 7.03. The Labute approximate surface area is 163 Å². The first-order valence-corrected chi connectivity index (χ1v) is 9.63. The number of ether oxygens (including phenoxy) is 1. The molecule has 27 heavy (non-hydrogen) atoms. The molecule has 1 amide bonds. The Balaban J connectivity index is 1.54. The summed E-state index contributed by atoms with van der Waals surface area (Å²) in [6, 6.07) is 18.0. The highest BCUT2D eigenvalue weighted by molar-refractivity contribution is 7.17.